The Kier molecular flexibility index (Phi) is 7.73. The molecule has 7 nitrogen and oxygen atoms in total. The van der Waals surface area contributed by atoms with Crippen molar-refractivity contribution in [1.82, 2.24) is 10.2 Å². The van der Waals surface area contributed by atoms with E-state index in [1.54, 1.807) is 24.3 Å². The Morgan fingerprint density at radius 3 is 2.23 bits per heavy atom. The maximum atomic E-state index is 12.3. The lowest BCUT2D eigenvalue weighted by Crippen LogP contribution is -2.13. The van der Waals surface area contributed by atoms with Gasteiger partial charge in [0.1, 0.15) is 41.4 Å². The predicted octanol–water partition coefficient (Wildman–Crippen LogP) is 4.41. The van der Waals surface area contributed by atoms with Gasteiger partial charge in [-0.1, -0.05) is 48.1 Å². The molecule has 0 unspecified atom stereocenters. The molecule has 0 aliphatic carbocycles. The first-order chi connectivity index (χ1) is 15.1. The summed E-state index contributed by atoms with van der Waals surface area (Å²) >= 11 is 1.29. The first kappa shape index (κ1) is 22.0. The highest BCUT2D eigenvalue weighted by Gasteiger charge is 2.12. The van der Waals surface area contributed by atoms with E-state index >= 15 is 0 Å². The van der Waals surface area contributed by atoms with Crippen LogP contribution in [0.15, 0.2) is 54.1 Å². The van der Waals surface area contributed by atoms with E-state index in [4.69, 9.17) is 9.47 Å². The summed E-state index contributed by atoms with van der Waals surface area (Å²) in [6.45, 7) is 4.81. The van der Waals surface area contributed by atoms with Gasteiger partial charge in [-0.25, -0.2) is 0 Å². The number of carbonyl (C=O) groups is 1. The fourth-order valence-electron chi connectivity index (χ4n) is 2.54. The number of rotatable bonds is 9. The predicted molar refractivity (Wildman–Crippen MR) is 120 cm³/mol. The molecule has 0 radical (unpaired) electrons. The van der Waals surface area contributed by atoms with Gasteiger partial charge in [0, 0.05) is 0 Å². The average Bonchev–Trinajstić information content (AvgIpc) is 3.24. The van der Waals surface area contributed by atoms with Crippen molar-refractivity contribution in [3.8, 4) is 17.6 Å². The lowest BCUT2D eigenvalue weighted by atomic mass is 10.1. The number of nitrogens with one attached hydrogen (secondary N) is 1. The second kappa shape index (κ2) is 10.9. The van der Waals surface area contributed by atoms with Crippen LogP contribution < -0.4 is 14.8 Å². The molecule has 8 heteroatoms. The molecule has 0 aliphatic heterocycles. The summed E-state index contributed by atoms with van der Waals surface area (Å²) < 4.78 is 11.3. The third kappa shape index (κ3) is 6.66. The van der Waals surface area contributed by atoms with Crippen molar-refractivity contribution in [2.45, 2.75) is 20.3 Å². The molecular formula is C23H22N4O3S. The van der Waals surface area contributed by atoms with Crippen LogP contribution in [-0.2, 0) is 11.2 Å². The smallest absolute Gasteiger partial charge is 0.268 e. The van der Waals surface area contributed by atoms with Gasteiger partial charge in [0.05, 0.1) is 0 Å². The van der Waals surface area contributed by atoms with E-state index in [1.807, 2.05) is 44.2 Å². The van der Waals surface area contributed by atoms with E-state index in [2.05, 4.69) is 15.5 Å². The highest BCUT2D eigenvalue weighted by atomic mass is 32.1. The molecule has 0 fully saturated rings. The van der Waals surface area contributed by atoms with Gasteiger partial charge >= 0.3 is 0 Å². The van der Waals surface area contributed by atoms with E-state index < -0.39 is 5.91 Å². The van der Waals surface area contributed by atoms with Crippen LogP contribution >= 0.6 is 11.3 Å². The lowest BCUT2D eigenvalue weighted by molar-refractivity contribution is -0.112. The van der Waals surface area contributed by atoms with Crippen LogP contribution in [0.4, 0.5) is 5.13 Å². The molecule has 1 N–H and O–H groups in total. The van der Waals surface area contributed by atoms with Crippen molar-refractivity contribution >= 4 is 28.5 Å². The fourth-order valence-corrected chi connectivity index (χ4v) is 3.22. The number of nitriles is 1. The Hall–Kier alpha value is -3.70. The molecule has 0 saturated carbocycles. The number of ether oxygens (including phenoxy) is 2. The summed E-state index contributed by atoms with van der Waals surface area (Å²) in [6.07, 6.45) is 2.25. The van der Waals surface area contributed by atoms with Gasteiger partial charge in [0.15, 0.2) is 0 Å². The van der Waals surface area contributed by atoms with E-state index in [-0.39, 0.29) is 5.57 Å². The maximum Gasteiger partial charge on any atom is 0.268 e. The Balaban J connectivity index is 1.51. The molecule has 0 spiro atoms. The molecule has 0 aliphatic rings. The number of anilines is 1. The summed E-state index contributed by atoms with van der Waals surface area (Å²) in [5.74, 6) is 0.958. The quantitative estimate of drug-likeness (QED) is 0.304. The van der Waals surface area contributed by atoms with Crippen molar-refractivity contribution in [1.29, 1.82) is 5.26 Å². The molecule has 1 aromatic heterocycles. The maximum absolute atomic E-state index is 12.3. The van der Waals surface area contributed by atoms with Crippen molar-refractivity contribution in [2.75, 3.05) is 18.5 Å². The number of hydrogen-bond donors (Lipinski definition) is 1. The van der Waals surface area contributed by atoms with Crippen LogP contribution in [0.3, 0.4) is 0 Å². The normalized spacial score (nSPS) is 10.9. The van der Waals surface area contributed by atoms with Gasteiger partial charge in [0.25, 0.3) is 5.91 Å². The summed E-state index contributed by atoms with van der Waals surface area (Å²) in [4.78, 5) is 12.3. The molecular weight excluding hydrogens is 412 g/mol. The van der Waals surface area contributed by atoms with Crippen molar-refractivity contribution in [3.05, 3.63) is 70.2 Å². The highest BCUT2D eigenvalue weighted by molar-refractivity contribution is 7.15. The summed E-state index contributed by atoms with van der Waals surface area (Å²) in [7, 11) is 0. The molecule has 1 amide bonds. The van der Waals surface area contributed by atoms with Crippen LogP contribution in [0.5, 0.6) is 11.5 Å². The van der Waals surface area contributed by atoms with Crippen LogP contribution in [-0.4, -0.2) is 29.3 Å². The Morgan fingerprint density at radius 2 is 1.68 bits per heavy atom. The van der Waals surface area contributed by atoms with Crippen LogP contribution in [0.2, 0.25) is 0 Å². The molecule has 0 atom stereocenters. The van der Waals surface area contributed by atoms with E-state index in [1.165, 1.54) is 23.0 Å². The van der Waals surface area contributed by atoms with E-state index in [9.17, 15) is 10.1 Å². The molecule has 1 heterocycles. The third-order valence-corrected chi connectivity index (χ3v) is 5.17. The van der Waals surface area contributed by atoms with Crippen molar-refractivity contribution in [3.63, 3.8) is 0 Å². The van der Waals surface area contributed by atoms with Gasteiger partial charge in [-0.05, 0) is 49.2 Å². The number of amides is 1. The fraction of sp³-hybridized carbons (Fsp3) is 0.217. The molecule has 0 saturated heterocycles. The third-order valence-electron chi connectivity index (χ3n) is 4.19. The minimum atomic E-state index is -0.519. The summed E-state index contributed by atoms with van der Waals surface area (Å²) in [5, 5.41) is 21.0. The first-order valence-corrected chi connectivity index (χ1v) is 10.6. The van der Waals surface area contributed by atoms with Crippen LogP contribution in [0.25, 0.3) is 6.08 Å². The minimum absolute atomic E-state index is 0.0200. The number of carbonyl (C=O) groups excluding carboxylic acids is 1. The SMILES string of the molecule is CCc1nnc(NC(=O)/C(C#N)=C\c2ccc(OCCOc3ccc(C)cc3)cc2)s1. The van der Waals surface area contributed by atoms with Crippen molar-refractivity contribution in [2.24, 2.45) is 0 Å². The second-order valence-electron chi connectivity index (χ2n) is 6.56. The Morgan fingerprint density at radius 1 is 1.06 bits per heavy atom. The Bertz CT molecular complexity index is 1080. The van der Waals surface area contributed by atoms with Gasteiger partial charge in [-0.3, -0.25) is 10.1 Å². The molecule has 2 aromatic carbocycles. The van der Waals surface area contributed by atoms with Crippen LogP contribution in [0.1, 0.15) is 23.1 Å². The van der Waals surface area contributed by atoms with Gasteiger partial charge in [-0.2, -0.15) is 5.26 Å². The molecule has 3 rings (SSSR count). The van der Waals surface area contributed by atoms with E-state index in [0.717, 1.165) is 17.2 Å². The zero-order valence-corrected chi connectivity index (χ0v) is 18.1. The van der Waals surface area contributed by atoms with E-state index in [0.29, 0.717) is 29.7 Å². The zero-order valence-electron chi connectivity index (χ0n) is 17.3. The van der Waals surface area contributed by atoms with Gasteiger partial charge in [-0.15, -0.1) is 10.2 Å². The van der Waals surface area contributed by atoms with Gasteiger partial charge < -0.3 is 9.47 Å². The topological polar surface area (TPSA) is 97.1 Å². The average molecular weight is 435 g/mol. The van der Waals surface area contributed by atoms with Crippen LogP contribution in [0, 0.1) is 18.3 Å². The Labute approximate surface area is 185 Å². The summed E-state index contributed by atoms with van der Waals surface area (Å²) in [5.41, 5.74) is 1.87. The first-order valence-electron chi connectivity index (χ1n) is 9.75. The second-order valence-corrected chi connectivity index (χ2v) is 7.62. The number of aromatic nitrogens is 2. The molecule has 0 bridgehead atoms. The number of benzene rings is 2. The van der Waals surface area contributed by atoms with Crippen molar-refractivity contribution < 1.29 is 14.3 Å². The monoisotopic (exact) mass is 434 g/mol. The zero-order chi connectivity index (χ0) is 22.1. The number of nitrogens with zero attached hydrogens (tertiary/aromatic N) is 3. The minimum Gasteiger partial charge on any atom is -0.490 e. The molecule has 31 heavy (non-hydrogen) atoms. The summed E-state index contributed by atoms with van der Waals surface area (Å²) in [6, 6.07) is 16.9. The van der Waals surface area contributed by atoms with Gasteiger partial charge in [0.2, 0.25) is 5.13 Å². The number of hydrogen-bond acceptors (Lipinski definition) is 7. The molecule has 158 valence electrons. The number of aryl methyl sites for hydroxylation is 2. The molecule has 3 aromatic rings. The standard InChI is InChI=1S/C23H22N4O3S/c1-3-21-26-27-23(31-21)25-22(28)18(15-24)14-17-6-10-20(11-7-17)30-13-12-29-19-8-4-16(2)5-9-19/h4-11,14H,3,12-13H2,1-2H3,(H,25,27,28)/b18-14-. The lowest BCUT2D eigenvalue weighted by Gasteiger charge is -2.09. The highest BCUT2D eigenvalue weighted by Crippen LogP contribution is 2.18. The largest absolute Gasteiger partial charge is 0.490 e.